The van der Waals surface area contributed by atoms with Crippen molar-refractivity contribution in [1.29, 1.82) is 0 Å². The number of ether oxygens (including phenoxy) is 3. The molecule has 27 heavy (non-hydrogen) atoms. The molecule has 5 nitrogen and oxygen atoms in total. The van der Waals surface area contributed by atoms with Gasteiger partial charge >= 0.3 is 0 Å². The summed E-state index contributed by atoms with van der Waals surface area (Å²) in [6, 6.07) is 17.3. The van der Waals surface area contributed by atoms with Crippen molar-refractivity contribution in [3.05, 3.63) is 66.2 Å². The molecule has 0 aliphatic rings. The van der Waals surface area contributed by atoms with Crippen LogP contribution in [0, 0.1) is 0 Å². The van der Waals surface area contributed by atoms with E-state index in [1.165, 1.54) is 6.08 Å². The number of amides is 1. The second-order valence-electron chi connectivity index (χ2n) is 5.77. The van der Waals surface area contributed by atoms with E-state index in [2.05, 4.69) is 5.32 Å². The number of carbonyl (C=O) groups is 1. The van der Waals surface area contributed by atoms with Crippen LogP contribution in [-0.4, -0.2) is 27.2 Å². The largest absolute Gasteiger partial charge is 0.493 e. The van der Waals surface area contributed by atoms with Gasteiger partial charge in [0.15, 0.2) is 11.5 Å². The SMILES string of the molecule is COc1ccc(/C=C/C(=O)Nc2cccc3ccccc23)c(OC)c1OC. The zero-order valence-electron chi connectivity index (χ0n) is 15.5. The van der Waals surface area contributed by atoms with E-state index in [1.807, 2.05) is 48.5 Å². The van der Waals surface area contributed by atoms with Gasteiger partial charge in [0.2, 0.25) is 11.7 Å². The maximum Gasteiger partial charge on any atom is 0.248 e. The van der Waals surface area contributed by atoms with Crippen LogP contribution in [0.25, 0.3) is 16.8 Å². The summed E-state index contributed by atoms with van der Waals surface area (Å²) in [4.78, 5) is 12.4. The summed E-state index contributed by atoms with van der Waals surface area (Å²) in [5.41, 5.74) is 1.48. The number of rotatable bonds is 6. The number of hydrogen-bond donors (Lipinski definition) is 1. The van der Waals surface area contributed by atoms with E-state index in [-0.39, 0.29) is 5.91 Å². The second-order valence-corrected chi connectivity index (χ2v) is 5.77. The lowest BCUT2D eigenvalue weighted by atomic mass is 10.1. The van der Waals surface area contributed by atoms with Crippen LogP contribution >= 0.6 is 0 Å². The molecule has 0 bridgehead atoms. The molecule has 0 aliphatic carbocycles. The second kappa shape index (κ2) is 8.27. The van der Waals surface area contributed by atoms with Gasteiger partial charge in [-0.05, 0) is 29.7 Å². The Balaban J connectivity index is 1.85. The molecule has 0 fully saturated rings. The normalized spacial score (nSPS) is 10.8. The molecule has 0 saturated carbocycles. The Morgan fingerprint density at radius 3 is 2.33 bits per heavy atom. The molecule has 0 aromatic heterocycles. The van der Waals surface area contributed by atoms with Crippen molar-refractivity contribution in [1.82, 2.24) is 0 Å². The van der Waals surface area contributed by atoms with Gasteiger partial charge in [0, 0.05) is 22.7 Å². The monoisotopic (exact) mass is 363 g/mol. The number of fused-ring (bicyclic) bond motifs is 1. The molecule has 0 unspecified atom stereocenters. The summed E-state index contributed by atoms with van der Waals surface area (Å²) in [6.07, 6.45) is 3.15. The molecule has 0 saturated heterocycles. The summed E-state index contributed by atoms with van der Waals surface area (Å²) in [7, 11) is 4.65. The Morgan fingerprint density at radius 2 is 1.59 bits per heavy atom. The number of hydrogen-bond acceptors (Lipinski definition) is 4. The highest BCUT2D eigenvalue weighted by Crippen LogP contribution is 2.40. The first kappa shape index (κ1) is 18.3. The molecule has 0 atom stereocenters. The lowest BCUT2D eigenvalue weighted by molar-refractivity contribution is -0.111. The molecule has 1 N–H and O–H groups in total. The molecular weight excluding hydrogens is 342 g/mol. The molecule has 138 valence electrons. The molecule has 0 radical (unpaired) electrons. The van der Waals surface area contributed by atoms with Crippen molar-refractivity contribution in [2.75, 3.05) is 26.6 Å². The van der Waals surface area contributed by atoms with Crippen molar-refractivity contribution >= 4 is 28.4 Å². The van der Waals surface area contributed by atoms with E-state index in [4.69, 9.17) is 14.2 Å². The predicted octanol–water partition coefficient (Wildman–Crippen LogP) is 4.52. The van der Waals surface area contributed by atoms with Gasteiger partial charge in [-0.2, -0.15) is 0 Å². The Bertz CT molecular complexity index is 990. The maximum atomic E-state index is 12.4. The lowest BCUT2D eigenvalue weighted by Gasteiger charge is -2.14. The first-order valence-electron chi connectivity index (χ1n) is 8.43. The van der Waals surface area contributed by atoms with Crippen LogP contribution in [0.5, 0.6) is 17.2 Å². The maximum absolute atomic E-state index is 12.4. The van der Waals surface area contributed by atoms with Gasteiger partial charge in [0.25, 0.3) is 0 Å². The Morgan fingerprint density at radius 1 is 0.852 bits per heavy atom. The molecule has 1 amide bonds. The minimum atomic E-state index is -0.233. The molecule has 0 heterocycles. The first-order valence-corrected chi connectivity index (χ1v) is 8.43. The highest BCUT2D eigenvalue weighted by atomic mass is 16.5. The van der Waals surface area contributed by atoms with Crippen LogP contribution in [0.2, 0.25) is 0 Å². The Labute approximate surface area is 158 Å². The third-order valence-corrected chi connectivity index (χ3v) is 4.20. The minimum absolute atomic E-state index is 0.233. The first-order chi connectivity index (χ1) is 13.2. The average molecular weight is 363 g/mol. The topological polar surface area (TPSA) is 56.8 Å². The zero-order valence-corrected chi connectivity index (χ0v) is 15.5. The highest BCUT2D eigenvalue weighted by Gasteiger charge is 2.14. The van der Waals surface area contributed by atoms with Crippen LogP contribution < -0.4 is 19.5 Å². The number of nitrogens with one attached hydrogen (secondary N) is 1. The molecule has 0 spiro atoms. The van der Waals surface area contributed by atoms with Crippen LogP contribution in [0.4, 0.5) is 5.69 Å². The average Bonchev–Trinajstić information content (AvgIpc) is 2.71. The van der Waals surface area contributed by atoms with Crippen molar-refractivity contribution < 1.29 is 19.0 Å². The summed E-state index contributed by atoms with van der Waals surface area (Å²) in [6.45, 7) is 0. The van der Waals surface area contributed by atoms with E-state index in [1.54, 1.807) is 33.5 Å². The van der Waals surface area contributed by atoms with Crippen LogP contribution in [0.3, 0.4) is 0 Å². The van der Waals surface area contributed by atoms with Gasteiger partial charge in [0.1, 0.15) is 0 Å². The van der Waals surface area contributed by atoms with E-state index >= 15 is 0 Å². The van der Waals surface area contributed by atoms with Gasteiger partial charge < -0.3 is 19.5 Å². The summed E-state index contributed by atoms with van der Waals surface area (Å²) in [5.74, 6) is 1.32. The molecule has 3 aromatic carbocycles. The van der Waals surface area contributed by atoms with Gasteiger partial charge in [-0.1, -0.05) is 36.4 Å². The molecular formula is C22H21NO4. The van der Waals surface area contributed by atoms with Gasteiger partial charge in [-0.15, -0.1) is 0 Å². The number of anilines is 1. The number of methoxy groups -OCH3 is 3. The predicted molar refractivity (Wildman–Crippen MR) is 108 cm³/mol. The molecule has 3 aromatic rings. The Hall–Kier alpha value is -3.47. The number of benzene rings is 3. The molecule has 5 heteroatoms. The number of carbonyl (C=O) groups excluding carboxylic acids is 1. The van der Waals surface area contributed by atoms with Gasteiger partial charge in [0.05, 0.1) is 21.3 Å². The smallest absolute Gasteiger partial charge is 0.248 e. The standard InChI is InChI=1S/C22H21NO4/c1-25-19-13-11-16(21(26-2)22(19)27-3)12-14-20(24)23-18-10-6-8-15-7-4-5-9-17(15)18/h4-14H,1-3H3,(H,23,24)/b14-12+. The third kappa shape index (κ3) is 3.87. The van der Waals surface area contributed by atoms with E-state index in [9.17, 15) is 4.79 Å². The van der Waals surface area contributed by atoms with E-state index in [0.717, 1.165) is 16.5 Å². The van der Waals surface area contributed by atoms with Gasteiger partial charge in [-0.25, -0.2) is 0 Å². The summed E-state index contributed by atoms with van der Waals surface area (Å²) >= 11 is 0. The lowest BCUT2D eigenvalue weighted by Crippen LogP contribution is -2.08. The zero-order chi connectivity index (χ0) is 19.2. The third-order valence-electron chi connectivity index (χ3n) is 4.20. The van der Waals surface area contributed by atoms with Crippen LogP contribution in [-0.2, 0) is 4.79 Å². The highest BCUT2D eigenvalue weighted by molar-refractivity contribution is 6.07. The minimum Gasteiger partial charge on any atom is -0.493 e. The summed E-state index contributed by atoms with van der Waals surface area (Å²) in [5, 5.41) is 4.98. The van der Waals surface area contributed by atoms with Crippen molar-refractivity contribution in [2.24, 2.45) is 0 Å². The molecule has 3 rings (SSSR count). The summed E-state index contributed by atoms with van der Waals surface area (Å²) < 4.78 is 16.1. The fourth-order valence-electron chi connectivity index (χ4n) is 2.93. The van der Waals surface area contributed by atoms with Gasteiger partial charge in [-0.3, -0.25) is 4.79 Å². The van der Waals surface area contributed by atoms with Crippen molar-refractivity contribution in [3.8, 4) is 17.2 Å². The van der Waals surface area contributed by atoms with Crippen LogP contribution in [0.1, 0.15) is 5.56 Å². The van der Waals surface area contributed by atoms with E-state index in [0.29, 0.717) is 22.8 Å². The molecule has 0 aliphatic heterocycles. The van der Waals surface area contributed by atoms with Crippen LogP contribution in [0.15, 0.2) is 60.7 Å². The fraction of sp³-hybridized carbons (Fsp3) is 0.136. The van der Waals surface area contributed by atoms with E-state index < -0.39 is 0 Å². The Kier molecular flexibility index (Phi) is 5.61. The van der Waals surface area contributed by atoms with Crippen molar-refractivity contribution in [3.63, 3.8) is 0 Å². The van der Waals surface area contributed by atoms with Crippen molar-refractivity contribution in [2.45, 2.75) is 0 Å². The fourth-order valence-corrected chi connectivity index (χ4v) is 2.93. The quantitative estimate of drug-likeness (QED) is 0.654.